The second kappa shape index (κ2) is 9.47. The minimum absolute atomic E-state index is 0.192. The predicted octanol–water partition coefficient (Wildman–Crippen LogP) is 7.53. The summed E-state index contributed by atoms with van der Waals surface area (Å²) in [5.74, 6) is -2.45. The molecule has 0 aliphatic carbocycles. The fraction of sp³-hybridized carbons (Fsp3) is 0.310. The molecule has 0 bridgehead atoms. The lowest BCUT2D eigenvalue weighted by atomic mass is 9.84. The van der Waals surface area contributed by atoms with Gasteiger partial charge in [-0.3, -0.25) is 0 Å². The van der Waals surface area contributed by atoms with Crippen molar-refractivity contribution in [3.05, 3.63) is 64.7 Å². The zero-order valence-electron chi connectivity index (χ0n) is 21.8. The number of nitrogens with zero attached hydrogens (tertiary/aromatic N) is 1. The molecular formula is C29H28F3NO5. The van der Waals surface area contributed by atoms with E-state index < -0.39 is 35.7 Å². The van der Waals surface area contributed by atoms with E-state index in [4.69, 9.17) is 4.74 Å². The highest BCUT2D eigenvalue weighted by molar-refractivity contribution is 6.14. The first-order valence-electron chi connectivity index (χ1n) is 11.9. The minimum Gasteiger partial charge on any atom is -0.493 e. The predicted molar refractivity (Wildman–Crippen MR) is 138 cm³/mol. The number of aliphatic carboxylic acids is 1. The van der Waals surface area contributed by atoms with E-state index in [0.29, 0.717) is 38.6 Å². The van der Waals surface area contributed by atoms with Gasteiger partial charge < -0.3 is 19.7 Å². The molecule has 3 aromatic carbocycles. The molecular weight excluding hydrogens is 499 g/mol. The number of pyridine rings is 1. The van der Waals surface area contributed by atoms with Crippen molar-refractivity contribution in [2.75, 3.05) is 0 Å². The zero-order chi connectivity index (χ0) is 28.2. The third-order valence-electron chi connectivity index (χ3n) is 6.28. The molecule has 0 aliphatic heterocycles. The maximum Gasteiger partial charge on any atom is 0.573 e. The molecule has 6 nitrogen and oxygen atoms in total. The van der Waals surface area contributed by atoms with Gasteiger partial charge in [0.2, 0.25) is 5.88 Å². The Balaban J connectivity index is 2.20. The number of aromatic hydroxyl groups is 1. The summed E-state index contributed by atoms with van der Waals surface area (Å²) in [7, 11) is 0. The van der Waals surface area contributed by atoms with Gasteiger partial charge in [0.15, 0.2) is 6.10 Å². The van der Waals surface area contributed by atoms with Crippen molar-refractivity contribution in [2.45, 2.75) is 59.6 Å². The molecule has 4 aromatic rings. The standard InChI is InChI=1S/C29H28F3NO5/c1-14-10-12-17(13-11-14)20-15(2)21-18-8-7-9-19(37-29(30,31)32)23(18)26(34)33-24(21)16(3)22(20)25(27(35)36)38-28(4,5)6/h7-13,25H,1-6H3,(H,33,34)(H,35,36)/t25-/m0/s1. The molecule has 0 unspecified atom stereocenters. The highest BCUT2D eigenvalue weighted by Gasteiger charge is 2.35. The first-order valence-corrected chi connectivity index (χ1v) is 11.9. The number of halogens is 3. The van der Waals surface area contributed by atoms with Gasteiger partial charge in [0.05, 0.1) is 16.5 Å². The van der Waals surface area contributed by atoms with E-state index in [-0.39, 0.29) is 10.9 Å². The SMILES string of the molecule is Cc1ccc(-c2c([C@H](OC(C)(C)C)C(=O)O)c(C)c3nc(O)c4c(OC(F)(F)F)cccc4c3c2C)cc1. The highest BCUT2D eigenvalue weighted by Crippen LogP contribution is 2.46. The Morgan fingerprint density at radius 3 is 2.13 bits per heavy atom. The molecule has 1 heterocycles. The molecule has 200 valence electrons. The van der Waals surface area contributed by atoms with Crippen LogP contribution in [0.1, 0.15) is 49.1 Å². The number of hydrogen-bond donors (Lipinski definition) is 2. The second-order valence-electron chi connectivity index (χ2n) is 10.2. The first kappa shape index (κ1) is 27.2. The number of ether oxygens (including phenoxy) is 2. The molecule has 0 spiro atoms. The van der Waals surface area contributed by atoms with Gasteiger partial charge in [0.1, 0.15) is 5.75 Å². The van der Waals surface area contributed by atoms with Gasteiger partial charge in [-0.05, 0) is 69.9 Å². The number of alkyl halides is 3. The molecule has 0 aliphatic rings. The van der Waals surface area contributed by atoms with Crippen LogP contribution in [0, 0.1) is 20.8 Å². The van der Waals surface area contributed by atoms with Crippen LogP contribution in [0.25, 0.3) is 32.8 Å². The van der Waals surface area contributed by atoms with Crippen LogP contribution in [0.4, 0.5) is 13.2 Å². The monoisotopic (exact) mass is 527 g/mol. The number of benzene rings is 3. The molecule has 0 fully saturated rings. The average molecular weight is 528 g/mol. The van der Waals surface area contributed by atoms with E-state index in [2.05, 4.69) is 9.72 Å². The number of aromatic nitrogens is 1. The number of hydrogen-bond acceptors (Lipinski definition) is 5. The number of carboxylic acid groups (broad SMARTS) is 1. The van der Waals surface area contributed by atoms with Gasteiger partial charge in [-0.1, -0.05) is 42.0 Å². The topological polar surface area (TPSA) is 88.9 Å². The van der Waals surface area contributed by atoms with Crippen molar-refractivity contribution in [1.82, 2.24) is 4.98 Å². The van der Waals surface area contributed by atoms with Crippen molar-refractivity contribution in [3.8, 4) is 22.8 Å². The summed E-state index contributed by atoms with van der Waals surface area (Å²) in [5.41, 5.74) is 3.08. The number of aryl methyl sites for hydroxylation is 3. The van der Waals surface area contributed by atoms with E-state index in [0.717, 1.165) is 11.6 Å². The van der Waals surface area contributed by atoms with Crippen LogP contribution in [-0.4, -0.2) is 33.1 Å². The fourth-order valence-electron chi connectivity index (χ4n) is 4.82. The minimum atomic E-state index is -4.98. The van der Waals surface area contributed by atoms with Crippen molar-refractivity contribution >= 4 is 27.6 Å². The van der Waals surface area contributed by atoms with E-state index in [1.165, 1.54) is 6.07 Å². The van der Waals surface area contributed by atoms with Gasteiger partial charge in [0, 0.05) is 16.3 Å². The lowest BCUT2D eigenvalue weighted by Crippen LogP contribution is -2.28. The third-order valence-corrected chi connectivity index (χ3v) is 6.28. The highest BCUT2D eigenvalue weighted by atomic mass is 19.4. The van der Waals surface area contributed by atoms with E-state index in [1.54, 1.807) is 40.7 Å². The smallest absolute Gasteiger partial charge is 0.493 e. The van der Waals surface area contributed by atoms with E-state index in [9.17, 15) is 28.2 Å². The third kappa shape index (κ3) is 5.11. The van der Waals surface area contributed by atoms with Gasteiger partial charge in [-0.2, -0.15) is 0 Å². The Morgan fingerprint density at radius 2 is 1.58 bits per heavy atom. The summed E-state index contributed by atoms with van der Waals surface area (Å²) >= 11 is 0. The molecule has 9 heteroatoms. The second-order valence-corrected chi connectivity index (χ2v) is 10.2. The molecule has 38 heavy (non-hydrogen) atoms. The van der Waals surface area contributed by atoms with Crippen LogP contribution < -0.4 is 4.74 Å². The molecule has 0 saturated heterocycles. The van der Waals surface area contributed by atoms with Crippen LogP contribution in [0.3, 0.4) is 0 Å². The summed E-state index contributed by atoms with van der Waals surface area (Å²) in [6.45, 7) is 10.6. The van der Waals surface area contributed by atoms with E-state index in [1.807, 2.05) is 31.2 Å². The fourth-order valence-corrected chi connectivity index (χ4v) is 4.82. The van der Waals surface area contributed by atoms with Crippen molar-refractivity contribution < 1.29 is 37.7 Å². The van der Waals surface area contributed by atoms with Crippen LogP contribution in [0.2, 0.25) is 0 Å². The Morgan fingerprint density at radius 1 is 0.947 bits per heavy atom. The van der Waals surface area contributed by atoms with Crippen LogP contribution in [0.5, 0.6) is 11.6 Å². The summed E-state index contributed by atoms with van der Waals surface area (Å²) < 4.78 is 49.6. The Bertz CT molecular complexity index is 1550. The molecule has 2 N–H and O–H groups in total. The summed E-state index contributed by atoms with van der Waals surface area (Å²) in [6, 6.07) is 11.6. The Kier molecular flexibility index (Phi) is 6.78. The van der Waals surface area contributed by atoms with Crippen molar-refractivity contribution in [2.24, 2.45) is 0 Å². The first-order chi connectivity index (χ1) is 17.6. The van der Waals surface area contributed by atoms with Gasteiger partial charge in [-0.15, -0.1) is 13.2 Å². The van der Waals surface area contributed by atoms with Crippen LogP contribution >= 0.6 is 0 Å². The van der Waals surface area contributed by atoms with Crippen molar-refractivity contribution in [1.29, 1.82) is 0 Å². The number of rotatable bonds is 5. The molecule has 4 rings (SSSR count). The molecule has 0 saturated carbocycles. The van der Waals surface area contributed by atoms with Gasteiger partial charge >= 0.3 is 12.3 Å². The number of fused-ring (bicyclic) bond motifs is 3. The van der Waals surface area contributed by atoms with Crippen molar-refractivity contribution in [3.63, 3.8) is 0 Å². The van der Waals surface area contributed by atoms with Gasteiger partial charge in [0.25, 0.3) is 0 Å². The Hall–Kier alpha value is -3.85. The number of carbonyl (C=O) groups is 1. The zero-order valence-corrected chi connectivity index (χ0v) is 21.8. The average Bonchev–Trinajstić information content (AvgIpc) is 2.79. The molecule has 0 radical (unpaired) electrons. The number of carboxylic acids is 1. The molecule has 0 amide bonds. The lowest BCUT2D eigenvalue weighted by molar-refractivity contribution is -0.274. The summed E-state index contributed by atoms with van der Waals surface area (Å²) in [4.78, 5) is 16.8. The molecule has 1 aromatic heterocycles. The van der Waals surface area contributed by atoms with Gasteiger partial charge in [-0.25, -0.2) is 9.78 Å². The molecule has 1 atom stereocenters. The largest absolute Gasteiger partial charge is 0.573 e. The van der Waals surface area contributed by atoms with E-state index >= 15 is 0 Å². The normalized spacial score (nSPS) is 13.2. The Labute approximate surface area is 217 Å². The lowest BCUT2D eigenvalue weighted by Gasteiger charge is -2.29. The quantitative estimate of drug-likeness (QED) is 0.261. The summed E-state index contributed by atoms with van der Waals surface area (Å²) in [5, 5.41) is 21.6. The maximum atomic E-state index is 13.1. The maximum absolute atomic E-state index is 13.1. The summed E-state index contributed by atoms with van der Waals surface area (Å²) in [6.07, 6.45) is -6.36. The van der Waals surface area contributed by atoms with Crippen LogP contribution in [-0.2, 0) is 9.53 Å². The van der Waals surface area contributed by atoms with Crippen LogP contribution in [0.15, 0.2) is 42.5 Å².